The Labute approximate surface area is 116 Å². The lowest BCUT2D eigenvalue weighted by molar-refractivity contribution is 0.0829. The minimum absolute atomic E-state index is 0.173. The molecule has 0 spiro atoms. The number of ether oxygens (including phenoxy) is 1. The highest BCUT2D eigenvalue weighted by Crippen LogP contribution is 2.26. The normalized spacial score (nSPS) is 14.3. The molecule has 1 aromatic rings. The van der Waals surface area contributed by atoms with Crippen molar-refractivity contribution in [3.8, 4) is 5.75 Å². The van der Waals surface area contributed by atoms with Crippen molar-refractivity contribution < 1.29 is 4.74 Å². The predicted octanol–water partition coefficient (Wildman–Crippen LogP) is 4.20. The van der Waals surface area contributed by atoms with E-state index in [1.54, 1.807) is 0 Å². The van der Waals surface area contributed by atoms with Gasteiger partial charge in [0.2, 0.25) is 0 Å². The summed E-state index contributed by atoms with van der Waals surface area (Å²) < 4.78 is 6.16. The topological polar surface area (TPSA) is 21.3 Å². The van der Waals surface area contributed by atoms with Crippen molar-refractivity contribution >= 4 is 11.6 Å². The maximum absolute atomic E-state index is 6.16. The molecule has 0 bridgehead atoms. The van der Waals surface area contributed by atoms with Crippen LogP contribution in [0, 0.1) is 6.92 Å². The lowest BCUT2D eigenvalue weighted by Gasteiger charge is -2.31. The first-order valence-corrected chi connectivity index (χ1v) is 7.04. The Bertz CT molecular complexity index is 381. The van der Waals surface area contributed by atoms with Crippen LogP contribution in [0.5, 0.6) is 5.75 Å². The highest BCUT2D eigenvalue weighted by molar-refractivity contribution is 6.30. The highest BCUT2D eigenvalue weighted by Gasteiger charge is 2.24. The first-order chi connectivity index (χ1) is 8.50. The zero-order valence-electron chi connectivity index (χ0n) is 11.8. The Morgan fingerprint density at radius 1 is 1.33 bits per heavy atom. The standard InChI is InChI=1S/C15H24ClNO/c1-5-9-17-11-15(4,6-2)18-14-8-7-13(16)10-12(14)3/h7-8,10,17H,5-6,9,11H2,1-4H3. The molecule has 0 aliphatic carbocycles. The number of nitrogens with one attached hydrogen (secondary N) is 1. The fourth-order valence-corrected chi connectivity index (χ4v) is 1.98. The van der Waals surface area contributed by atoms with E-state index in [-0.39, 0.29) is 5.60 Å². The van der Waals surface area contributed by atoms with Crippen LogP contribution in [0.3, 0.4) is 0 Å². The van der Waals surface area contributed by atoms with Crippen LogP contribution < -0.4 is 10.1 Å². The van der Waals surface area contributed by atoms with Crippen LogP contribution in [-0.4, -0.2) is 18.7 Å². The van der Waals surface area contributed by atoms with Gasteiger partial charge in [-0.3, -0.25) is 0 Å². The van der Waals surface area contributed by atoms with Crippen molar-refractivity contribution in [2.45, 2.75) is 46.1 Å². The smallest absolute Gasteiger partial charge is 0.123 e. The van der Waals surface area contributed by atoms with Gasteiger partial charge in [0.1, 0.15) is 11.4 Å². The SMILES string of the molecule is CCCNCC(C)(CC)Oc1ccc(Cl)cc1C. The van der Waals surface area contributed by atoms with E-state index in [9.17, 15) is 0 Å². The molecule has 0 saturated heterocycles. The zero-order chi connectivity index (χ0) is 13.6. The van der Waals surface area contributed by atoms with Crippen molar-refractivity contribution in [1.82, 2.24) is 5.32 Å². The van der Waals surface area contributed by atoms with Gasteiger partial charge in [-0.25, -0.2) is 0 Å². The van der Waals surface area contributed by atoms with E-state index in [4.69, 9.17) is 16.3 Å². The Morgan fingerprint density at radius 3 is 2.61 bits per heavy atom. The van der Waals surface area contributed by atoms with Crippen molar-refractivity contribution in [3.05, 3.63) is 28.8 Å². The maximum Gasteiger partial charge on any atom is 0.123 e. The van der Waals surface area contributed by atoms with Crippen LogP contribution in [0.1, 0.15) is 39.2 Å². The number of halogens is 1. The zero-order valence-corrected chi connectivity index (χ0v) is 12.6. The molecule has 1 atom stereocenters. The highest BCUT2D eigenvalue weighted by atomic mass is 35.5. The fraction of sp³-hybridized carbons (Fsp3) is 0.600. The molecule has 1 rings (SSSR count). The third-order valence-electron chi connectivity index (χ3n) is 3.17. The van der Waals surface area contributed by atoms with E-state index in [2.05, 4.69) is 26.1 Å². The van der Waals surface area contributed by atoms with E-state index >= 15 is 0 Å². The molecule has 0 fully saturated rings. The quantitative estimate of drug-likeness (QED) is 0.749. The van der Waals surface area contributed by atoms with Crippen LogP contribution in [0.15, 0.2) is 18.2 Å². The second-order valence-electron chi connectivity index (χ2n) is 4.99. The van der Waals surface area contributed by atoms with Gasteiger partial charge in [0.05, 0.1) is 0 Å². The molecule has 2 nitrogen and oxygen atoms in total. The van der Waals surface area contributed by atoms with E-state index in [0.717, 1.165) is 42.3 Å². The molecule has 0 aromatic heterocycles. The summed E-state index contributed by atoms with van der Waals surface area (Å²) in [5.74, 6) is 0.919. The molecule has 0 aliphatic heterocycles. The van der Waals surface area contributed by atoms with Gasteiger partial charge in [-0.15, -0.1) is 0 Å². The first kappa shape index (κ1) is 15.3. The minimum atomic E-state index is -0.173. The van der Waals surface area contributed by atoms with E-state index < -0.39 is 0 Å². The molecular weight excluding hydrogens is 246 g/mol. The molecule has 1 aromatic carbocycles. The van der Waals surface area contributed by atoms with Crippen molar-refractivity contribution in [3.63, 3.8) is 0 Å². The Morgan fingerprint density at radius 2 is 2.06 bits per heavy atom. The van der Waals surface area contributed by atoms with Gasteiger partial charge in [0, 0.05) is 11.6 Å². The molecule has 102 valence electrons. The van der Waals surface area contributed by atoms with Gasteiger partial charge in [-0.1, -0.05) is 25.4 Å². The average molecular weight is 270 g/mol. The Balaban J connectivity index is 2.71. The second kappa shape index (κ2) is 7.01. The molecule has 3 heteroatoms. The Hall–Kier alpha value is -0.730. The third kappa shape index (κ3) is 4.51. The molecule has 0 saturated carbocycles. The largest absolute Gasteiger partial charge is 0.486 e. The van der Waals surface area contributed by atoms with Gasteiger partial charge >= 0.3 is 0 Å². The number of hydrogen-bond acceptors (Lipinski definition) is 2. The average Bonchev–Trinajstić information content (AvgIpc) is 2.33. The molecule has 0 aliphatic rings. The van der Waals surface area contributed by atoms with Gasteiger partial charge in [0.15, 0.2) is 0 Å². The third-order valence-corrected chi connectivity index (χ3v) is 3.40. The van der Waals surface area contributed by atoms with Crippen LogP contribution in [0.4, 0.5) is 0 Å². The summed E-state index contributed by atoms with van der Waals surface area (Å²) in [5.41, 5.74) is 0.908. The minimum Gasteiger partial charge on any atom is -0.486 e. The molecule has 0 radical (unpaired) electrons. The number of benzene rings is 1. The molecule has 0 heterocycles. The Kier molecular flexibility index (Phi) is 5.97. The summed E-state index contributed by atoms with van der Waals surface area (Å²) in [4.78, 5) is 0. The van der Waals surface area contributed by atoms with Crippen molar-refractivity contribution in [2.75, 3.05) is 13.1 Å². The fourth-order valence-electron chi connectivity index (χ4n) is 1.76. The molecule has 18 heavy (non-hydrogen) atoms. The van der Waals surface area contributed by atoms with Gasteiger partial charge in [-0.2, -0.15) is 0 Å². The summed E-state index contributed by atoms with van der Waals surface area (Å²) in [6.45, 7) is 10.4. The van der Waals surface area contributed by atoms with Crippen molar-refractivity contribution in [2.24, 2.45) is 0 Å². The number of hydrogen-bond donors (Lipinski definition) is 1. The summed E-state index contributed by atoms with van der Waals surface area (Å²) in [5, 5.41) is 4.18. The second-order valence-corrected chi connectivity index (χ2v) is 5.43. The van der Waals surface area contributed by atoms with Gasteiger partial charge < -0.3 is 10.1 Å². The van der Waals surface area contributed by atoms with Crippen LogP contribution in [0.2, 0.25) is 5.02 Å². The van der Waals surface area contributed by atoms with Crippen molar-refractivity contribution in [1.29, 1.82) is 0 Å². The van der Waals surface area contributed by atoms with Gasteiger partial charge in [0.25, 0.3) is 0 Å². The summed E-state index contributed by atoms with van der Waals surface area (Å²) in [6, 6.07) is 5.76. The molecule has 1 unspecified atom stereocenters. The van der Waals surface area contributed by atoms with Crippen LogP contribution in [-0.2, 0) is 0 Å². The monoisotopic (exact) mass is 269 g/mol. The first-order valence-electron chi connectivity index (χ1n) is 6.66. The molecule has 1 N–H and O–H groups in total. The molecular formula is C15H24ClNO. The number of rotatable bonds is 7. The lowest BCUT2D eigenvalue weighted by Crippen LogP contribution is -2.43. The number of aryl methyl sites for hydroxylation is 1. The van der Waals surface area contributed by atoms with Crippen LogP contribution in [0.25, 0.3) is 0 Å². The lowest BCUT2D eigenvalue weighted by atomic mass is 10.0. The summed E-state index contributed by atoms with van der Waals surface area (Å²) >= 11 is 5.96. The summed E-state index contributed by atoms with van der Waals surface area (Å²) in [6.07, 6.45) is 2.10. The van der Waals surface area contributed by atoms with Gasteiger partial charge in [-0.05, 0) is 57.0 Å². The van der Waals surface area contributed by atoms with E-state index in [1.807, 2.05) is 25.1 Å². The summed E-state index contributed by atoms with van der Waals surface area (Å²) in [7, 11) is 0. The maximum atomic E-state index is 6.16. The molecule has 0 amide bonds. The van der Waals surface area contributed by atoms with Crippen LogP contribution >= 0.6 is 11.6 Å². The van der Waals surface area contributed by atoms with E-state index in [0.29, 0.717) is 0 Å². The van der Waals surface area contributed by atoms with E-state index in [1.165, 1.54) is 0 Å². The predicted molar refractivity (Wildman–Crippen MR) is 78.7 cm³/mol.